The van der Waals surface area contributed by atoms with Gasteiger partial charge in [0.1, 0.15) is 4.71 Å². The molecule has 88 valence electrons. The van der Waals surface area contributed by atoms with E-state index in [1.165, 1.54) is 0 Å². The number of rotatable bonds is 4. The topological polar surface area (TPSA) is 20.3 Å². The molecule has 0 bridgehead atoms. The molecule has 0 saturated heterocycles. The van der Waals surface area contributed by atoms with Crippen molar-refractivity contribution in [1.82, 2.24) is 4.90 Å². The summed E-state index contributed by atoms with van der Waals surface area (Å²) in [5, 5.41) is 0.0360. The smallest absolute Gasteiger partial charge is 0.283 e. The normalized spacial score (nSPS) is 12.2. The molecule has 0 fully saturated rings. The zero-order chi connectivity index (χ0) is 12.0. The standard InChI is InChI=1S/C12H16ClNOS/c1-3-14(4-2)12(15)16-11(13)10-8-6-5-7-9-10/h5-9,11H,3-4H2,1-2H3. The lowest BCUT2D eigenvalue weighted by molar-refractivity contribution is 0.228. The van der Waals surface area contributed by atoms with Gasteiger partial charge in [0.2, 0.25) is 0 Å². The molecule has 1 aromatic rings. The van der Waals surface area contributed by atoms with Gasteiger partial charge in [-0.05, 0) is 31.2 Å². The van der Waals surface area contributed by atoms with Gasteiger partial charge in [-0.1, -0.05) is 30.3 Å². The summed E-state index contributed by atoms with van der Waals surface area (Å²) in [5.74, 6) is 0. The maximum atomic E-state index is 11.8. The third-order valence-corrected chi connectivity index (χ3v) is 3.75. The zero-order valence-electron chi connectivity index (χ0n) is 9.52. The molecule has 0 saturated carbocycles. The number of carbonyl (C=O) groups is 1. The number of carbonyl (C=O) groups excluding carboxylic acids is 1. The third kappa shape index (κ3) is 3.72. The fraction of sp³-hybridized carbons (Fsp3) is 0.417. The van der Waals surface area contributed by atoms with Gasteiger partial charge in [-0.3, -0.25) is 4.79 Å². The largest absolute Gasteiger partial charge is 0.334 e. The predicted octanol–water partition coefficient (Wildman–Crippen LogP) is 4.12. The molecule has 0 heterocycles. The molecule has 0 aliphatic rings. The Hall–Kier alpha value is -0.670. The molecule has 16 heavy (non-hydrogen) atoms. The summed E-state index contributed by atoms with van der Waals surface area (Å²) in [6.45, 7) is 5.38. The summed E-state index contributed by atoms with van der Waals surface area (Å²) in [7, 11) is 0. The molecule has 1 atom stereocenters. The number of alkyl halides is 1. The maximum absolute atomic E-state index is 11.8. The maximum Gasteiger partial charge on any atom is 0.283 e. The van der Waals surface area contributed by atoms with Gasteiger partial charge in [-0.15, -0.1) is 11.6 Å². The van der Waals surface area contributed by atoms with E-state index in [2.05, 4.69) is 0 Å². The van der Waals surface area contributed by atoms with Crippen molar-refractivity contribution in [3.05, 3.63) is 35.9 Å². The Balaban J connectivity index is 2.58. The third-order valence-electron chi connectivity index (χ3n) is 2.29. The summed E-state index contributed by atoms with van der Waals surface area (Å²) in [6.07, 6.45) is 0. The molecule has 1 unspecified atom stereocenters. The van der Waals surface area contributed by atoms with Crippen LogP contribution in [0.4, 0.5) is 4.79 Å². The number of hydrogen-bond donors (Lipinski definition) is 0. The molecule has 1 rings (SSSR count). The Morgan fingerprint density at radius 1 is 1.31 bits per heavy atom. The first-order valence-electron chi connectivity index (χ1n) is 5.33. The molecule has 2 nitrogen and oxygen atoms in total. The van der Waals surface area contributed by atoms with Crippen molar-refractivity contribution < 1.29 is 4.79 Å². The lowest BCUT2D eigenvalue weighted by Crippen LogP contribution is -2.27. The predicted molar refractivity (Wildman–Crippen MR) is 70.9 cm³/mol. The molecule has 0 N–H and O–H groups in total. The summed E-state index contributed by atoms with van der Waals surface area (Å²) < 4.78 is -0.311. The van der Waals surface area contributed by atoms with Crippen molar-refractivity contribution in [3.63, 3.8) is 0 Å². The lowest BCUT2D eigenvalue weighted by Gasteiger charge is -2.19. The van der Waals surface area contributed by atoms with Crippen LogP contribution in [0.1, 0.15) is 24.1 Å². The van der Waals surface area contributed by atoms with Gasteiger partial charge in [-0.2, -0.15) is 0 Å². The lowest BCUT2D eigenvalue weighted by atomic mass is 10.2. The van der Waals surface area contributed by atoms with Crippen LogP contribution in [0.2, 0.25) is 0 Å². The van der Waals surface area contributed by atoms with Crippen LogP contribution >= 0.6 is 23.4 Å². The summed E-state index contributed by atoms with van der Waals surface area (Å²) in [6, 6.07) is 9.64. The van der Waals surface area contributed by atoms with Crippen LogP contribution in [-0.4, -0.2) is 23.2 Å². The fourth-order valence-electron chi connectivity index (χ4n) is 1.32. The van der Waals surface area contributed by atoms with E-state index in [-0.39, 0.29) is 9.95 Å². The quantitative estimate of drug-likeness (QED) is 0.757. The van der Waals surface area contributed by atoms with Crippen molar-refractivity contribution in [2.75, 3.05) is 13.1 Å². The van der Waals surface area contributed by atoms with Crippen molar-refractivity contribution in [2.45, 2.75) is 18.6 Å². The highest BCUT2D eigenvalue weighted by atomic mass is 35.5. The highest BCUT2D eigenvalue weighted by Gasteiger charge is 2.17. The first-order valence-corrected chi connectivity index (χ1v) is 6.65. The number of amides is 1. The molecule has 1 amide bonds. The molecule has 0 aromatic heterocycles. The van der Waals surface area contributed by atoms with Gasteiger partial charge in [0.15, 0.2) is 0 Å². The van der Waals surface area contributed by atoms with Crippen LogP contribution in [0, 0.1) is 0 Å². The Labute approximate surface area is 106 Å². The second kappa shape index (κ2) is 6.81. The molecule has 0 spiro atoms. The van der Waals surface area contributed by atoms with E-state index in [0.717, 1.165) is 30.4 Å². The highest BCUT2D eigenvalue weighted by Crippen LogP contribution is 2.34. The monoisotopic (exact) mass is 257 g/mol. The van der Waals surface area contributed by atoms with E-state index in [9.17, 15) is 4.79 Å². The van der Waals surface area contributed by atoms with Crippen molar-refractivity contribution in [3.8, 4) is 0 Å². The van der Waals surface area contributed by atoms with Crippen LogP contribution in [0.3, 0.4) is 0 Å². The van der Waals surface area contributed by atoms with E-state index < -0.39 is 0 Å². The van der Waals surface area contributed by atoms with Crippen LogP contribution in [0.25, 0.3) is 0 Å². The first-order chi connectivity index (χ1) is 7.69. The number of hydrogen-bond acceptors (Lipinski definition) is 2. The summed E-state index contributed by atoms with van der Waals surface area (Å²) in [5.41, 5.74) is 0.967. The first kappa shape index (κ1) is 13.4. The van der Waals surface area contributed by atoms with E-state index in [0.29, 0.717) is 0 Å². The van der Waals surface area contributed by atoms with Crippen molar-refractivity contribution >= 4 is 28.6 Å². The van der Waals surface area contributed by atoms with Crippen LogP contribution in [0.15, 0.2) is 30.3 Å². The van der Waals surface area contributed by atoms with Crippen molar-refractivity contribution in [2.24, 2.45) is 0 Å². The Morgan fingerprint density at radius 3 is 2.38 bits per heavy atom. The van der Waals surface area contributed by atoms with E-state index >= 15 is 0 Å². The minimum Gasteiger partial charge on any atom is -0.334 e. The Kier molecular flexibility index (Phi) is 5.71. The molecule has 4 heteroatoms. The van der Waals surface area contributed by atoms with Crippen LogP contribution < -0.4 is 0 Å². The summed E-state index contributed by atoms with van der Waals surface area (Å²) in [4.78, 5) is 13.6. The van der Waals surface area contributed by atoms with Crippen molar-refractivity contribution in [1.29, 1.82) is 0 Å². The number of benzene rings is 1. The van der Waals surface area contributed by atoms with E-state index in [1.54, 1.807) is 4.90 Å². The van der Waals surface area contributed by atoms with Crippen LogP contribution in [0.5, 0.6) is 0 Å². The Bertz CT molecular complexity index is 327. The second-order valence-corrected chi connectivity index (χ2v) is 5.03. The average Bonchev–Trinajstić information content (AvgIpc) is 2.31. The molecule has 0 radical (unpaired) electrons. The Morgan fingerprint density at radius 2 is 1.88 bits per heavy atom. The van der Waals surface area contributed by atoms with Gasteiger partial charge in [0.25, 0.3) is 5.24 Å². The molecular formula is C12H16ClNOS. The van der Waals surface area contributed by atoms with E-state index in [1.807, 2.05) is 44.2 Å². The molecule has 0 aliphatic carbocycles. The van der Waals surface area contributed by atoms with Gasteiger partial charge >= 0.3 is 0 Å². The molecular weight excluding hydrogens is 242 g/mol. The minimum absolute atomic E-state index is 0.0360. The second-order valence-electron chi connectivity index (χ2n) is 3.28. The zero-order valence-corrected chi connectivity index (χ0v) is 11.1. The highest BCUT2D eigenvalue weighted by molar-refractivity contribution is 8.14. The average molecular weight is 258 g/mol. The minimum atomic E-state index is -0.311. The SMILES string of the molecule is CCN(CC)C(=O)SC(Cl)c1ccccc1. The molecule has 1 aromatic carbocycles. The van der Waals surface area contributed by atoms with Gasteiger partial charge in [-0.25, -0.2) is 0 Å². The number of thioether (sulfide) groups is 1. The van der Waals surface area contributed by atoms with Crippen LogP contribution in [-0.2, 0) is 0 Å². The van der Waals surface area contributed by atoms with Gasteiger partial charge in [0, 0.05) is 13.1 Å². The number of halogens is 1. The molecule has 0 aliphatic heterocycles. The number of nitrogens with zero attached hydrogens (tertiary/aromatic N) is 1. The fourth-order valence-corrected chi connectivity index (χ4v) is 2.57. The van der Waals surface area contributed by atoms with Gasteiger partial charge < -0.3 is 4.90 Å². The van der Waals surface area contributed by atoms with E-state index in [4.69, 9.17) is 11.6 Å². The van der Waals surface area contributed by atoms with Gasteiger partial charge in [0.05, 0.1) is 0 Å². The summed E-state index contributed by atoms with van der Waals surface area (Å²) >= 11 is 7.34.